The molecule has 2 aromatic rings. The summed E-state index contributed by atoms with van der Waals surface area (Å²) < 4.78 is 45.0. The predicted octanol–water partition coefficient (Wildman–Crippen LogP) is 4.02. The van der Waals surface area contributed by atoms with Crippen molar-refractivity contribution in [2.45, 2.75) is 36.5 Å². The molecule has 2 aromatic carbocycles. The van der Waals surface area contributed by atoms with Crippen molar-refractivity contribution in [1.82, 2.24) is 0 Å². The largest absolute Gasteiger partial charge is 0.494 e. The fourth-order valence-corrected chi connectivity index (χ4v) is 3.79. The number of halogens is 1. The van der Waals surface area contributed by atoms with Crippen molar-refractivity contribution in [3.05, 3.63) is 53.3 Å². The SMILES string of the molecule is CCCCOc1cc(C)cc(S(=O)(=O)c2cccc(F)c2C#N)c1. The number of sulfone groups is 1. The Morgan fingerprint density at radius 2 is 2.00 bits per heavy atom. The molecule has 126 valence electrons. The third-order valence-electron chi connectivity index (χ3n) is 3.48. The van der Waals surface area contributed by atoms with E-state index in [9.17, 15) is 12.8 Å². The molecule has 24 heavy (non-hydrogen) atoms. The molecule has 2 rings (SSSR count). The van der Waals surface area contributed by atoms with Gasteiger partial charge in [-0.25, -0.2) is 12.8 Å². The first-order chi connectivity index (χ1) is 11.4. The van der Waals surface area contributed by atoms with Crippen LogP contribution in [0.2, 0.25) is 0 Å². The Morgan fingerprint density at radius 1 is 1.25 bits per heavy atom. The molecule has 0 amide bonds. The molecule has 0 saturated carbocycles. The Morgan fingerprint density at radius 3 is 2.67 bits per heavy atom. The molecule has 6 heteroatoms. The van der Waals surface area contributed by atoms with Crippen LogP contribution in [0.25, 0.3) is 0 Å². The minimum absolute atomic E-state index is 0.0175. The van der Waals surface area contributed by atoms with Gasteiger partial charge in [-0.15, -0.1) is 0 Å². The van der Waals surface area contributed by atoms with Crippen LogP contribution in [0.4, 0.5) is 4.39 Å². The second kappa shape index (κ2) is 7.45. The topological polar surface area (TPSA) is 67.2 Å². The normalized spacial score (nSPS) is 11.1. The molecule has 0 radical (unpaired) electrons. The van der Waals surface area contributed by atoms with E-state index in [1.807, 2.05) is 6.92 Å². The predicted molar refractivity (Wildman–Crippen MR) is 88.1 cm³/mol. The highest BCUT2D eigenvalue weighted by Gasteiger charge is 2.24. The lowest BCUT2D eigenvalue weighted by Gasteiger charge is -2.11. The number of hydrogen-bond acceptors (Lipinski definition) is 4. The summed E-state index contributed by atoms with van der Waals surface area (Å²) in [4.78, 5) is -0.355. The molecule has 0 spiro atoms. The molecule has 0 aromatic heterocycles. The molecule has 0 heterocycles. The Balaban J connectivity index is 2.51. The third-order valence-corrected chi connectivity index (χ3v) is 5.25. The lowest BCUT2D eigenvalue weighted by Crippen LogP contribution is -2.07. The smallest absolute Gasteiger partial charge is 0.208 e. The summed E-state index contributed by atoms with van der Waals surface area (Å²) in [6.07, 6.45) is 1.82. The maximum Gasteiger partial charge on any atom is 0.208 e. The number of nitriles is 1. The Labute approximate surface area is 141 Å². The lowest BCUT2D eigenvalue weighted by atomic mass is 10.2. The van der Waals surface area contributed by atoms with Crippen LogP contribution in [0.5, 0.6) is 5.75 Å². The van der Waals surface area contributed by atoms with E-state index in [1.165, 1.54) is 24.3 Å². The first kappa shape index (κ1) is 18.0. The van der Waals surface area contributed by atoms with Gasteiger partial charge in [0.25, 0.3) is 0 Å². The Bertz CT molecular complexity index is 886. The summed E-state index contributed by atoms with van der Waals surface area (Å²) in [5.41, 5.74) is 0.227. The zero-order valence-corrected chi connectivity index (χ0v) is 14.4. The Kier molecular flexibility index (Phi) is 5.58. The third kappa shape index (κ3) is 3.74. The van der Waals surface area contributed by atoms with E-state index in [0.717, 1.165) is 18.9 Å². The summed E-state index contributed by atoms with van der Waals surface area (Å²) in [6.45, 7) is 4.27. The minimum Gasteiger partial charge on any atom is -0.494 e. The van der Waals surface area contributed by atoms with E-state index in [0.29, 0.717) is 17.9 Å². The average Bonchev–Trinajstić information content (AvgIpc) is 2.54. The molecule has 0 unspecified atom stereocenters. The molecule has 0 bridgehead atoms. The molecular formula is C18H18FNO3S. The van der Waals surface area contributed by atoms with Gasteiger partial charge in [-0.05, 0) is 49.2 Å². The maximum absolute atomic E-state index is 13.7. The van der Waals surface area contributed by atoms with Crippen molar-refractivity contribution >= 4 is 9.84 Å². The van der Waals surface area contributed by atoms with E-state index in [2.05, 4.69) is 0 Å². The summed E-state index contributed by atoms with van der Waals surface area (Å²) in [6, 6.07) is 9.82. The highest BCUT2D eigenvalue weighted by atomic mass is 32.2. The number of hydrogen-bond donors (Lipinski definition) is 0. The van der Waals surface area contributed by atoms with Crippen molar-refractivity contribution in [2.24, 2.45) is 0 Å². The van der Waals surface area contributed by atoms with Gasteiger partial charge >= 0.3 is 0 Å². The van der Waals surface area contributed by atoms with Crippen LogP contribution in [0.15, 0.2) is 46.2 Å². The molecule has 0 atom stereocenters. The number of nitrogens with zero attached hydrogens (tertiary/aromatic N) is 1. The van der Waals surface area contributed by atoms with Crippen LogP contribution in [-0.4, -0.2) is 15.0 Å². The number of unbranched alkanes of at least 4 members (excludes halogenated alkanes) is 1. The van der Waals surface area contributed by atoms with Crippen molar-refractivity contribution < 1.29 is 17.5 Å². The molecule has 0 aliphatic rings. The molecule has 0 saturated heterocycles. The van der Waals surface area contributed by atoms with Gasteiger partial charge in [0, 0.05) is 0 Å². The Hall–Kier alpha value is -2.39. The highest BCUT2D eigenvalue weighted by molar-refractivity contribution is 7.91. The van der Waals surface area contributed by atoms with Gasteiger partial charge in [-0.3, -0.25) is 0 Å². The van der Waals surface area contributed by atoms with E-state index >= 15 is 0 Å². The zero-order chi connectivity index (χ0) is 17.7. The van der Waals surface area contributed by atoms with Gasteiger partial charge in [0.05, 0.1) is 16.4 Å². The van der Waals surface area contributed by atoms with E-state index in [4.69, 9.17) is 10.00 Å². The summed E-state index contributed by atoms with van der Waals surface area (Å²) in [7, 11) is -4.02. The summed E-state index contributed by atoms with van der Waals surface area (Å²) in [5, 5.41) is 9.08. The molecule has 0 aliphatic carbocycles. The molecule has 0 N–H and O–H groups in total. The van der Waals surface area contributed by atoms with E-state index in [-0.39, 0.29) is 9.79 Å². The standard InChI is InChI=1S/C18H18FNO3S/c1-3-4-8-23-14-9-13(2)10-15(11-14)24(21,22)18-7-5-6-17(19)16(18)12-20/h5-7,9-11H,3-4,8H2,1-2H3. The van der Waals surface area contributed by atoms with Crippen LogP contribution in [-0.2, 0) is 9.84 Å². The van der Waals surface area contributed by atoms with Crippen LogP contribution in [0, 0.1) is 24.1 Å². The maximum atomic E-state index is 13.7. The van der Waals surface area contributed by atoms with Crippen LogP contribution < -0.4 is 4.74 Å². The lowest BCUT2D eigenvalue weighted by molar-refractivity contribution is 0.308. The number of ether oxygens (including phenoxy) is 1. The zero-order valence-electron chi connectivity index (χ0n) is 13.5. The minimum atomic E-state index is -4.02. The van der Waals surface area contributed by atoms with Gasteiger partial charge in [-0.1, -0.05) is 19.4 Å². The second-order valence-corrected chi connectivity index (χ2v) is 7.33. The summed E-state index contributed by atoms with van der Waals surface area (Å²) in [5.74, 6) is -0.414. The van der Waals surface area contributed by atoms with Crippen LogP contribution >= 0.6 is 0 Å². The summed E-state index contributed by atoms with van der Waals surface area (Å²) >= 11 is 0. The molecule has 0 fully saturated rings. The van der Waals surface area contributed by atoms with Gasteiger partial charge in [0.1, 0.15) is 23.2 Å². The van der Waals surface area contributed by atoms with E-state index < -0.39 is 21.2 Å². The molecule has 0 aliphatic heterocycles. The van der Waals surface area contributed by atoms with Gasteiger partial charge in [0.15, 0.2) is 0 Å². The highest BCUT2D eigenvalue weighted by Crippen LogP contribution is 2.29. The van der Waals surface area contributed by atoms with Gasteiger partial charge in [-0.2, -0.15) is 5.26 Å². The quantitative estimate of drug-likeness (QED) is 0.740. The van der Waals surface area contributed by atoms with Crippen molar-refractivity contribution in [2.75, 3.05) is 6.61 Å². The van der Waals surface area contributed by atoms with Crippen molar-refractivity contribution in [3.8, 4) is 11.8 Å². The van der Waals surface area contributed by atoms with Gasteiger partial charge < -0.3 is 4.74 Å². The number of benzene rings is 2. The number of rotatable bonds is 6. The van der Waals surface area contributed by atoms with Crippen LogP contribution in [0.3, 0.4) is 0 Å². The monoisotopic (exact) mass is 347 g/mol. The van der Waals surface area contributed by atoms with Crippen molar-refractivity contribution in [3.63, 3.8) is 0 Å². The fourth-order valence-electron chi connectivity index (χ4n) is 2.25. The van der Waals surface area contributed by atoms with Crippen LogP contribution in [0.1, 0.15) is 30.9 Å². The van der Waals surface area contributed by atoms with Crippen molar-refractivity contribution in [1.29, 1.82) is 5.26 Å². The first-order valence-corrected chi connectivity index (χ1v) is 9.06. The second-order valence-electron chi connectivity index (χ2n) is 5.41. The first-order valence-electron chi connectivity index (χ1n) is 7.58. The van der Waals surface area contributed by atoms with E-state index in [1.54, 1.807) is 19.1 Å². The molecule has 4 nitrogen and oxygen atoms in total. The fraction of sp³-hybridized carbons (Fsp3) is 0.278. The number of aryl methyl sites for hydroxylation is 1. The average molecular weight is 347 g/mol. The molecular weight excluding hydrogens is 329 g/mol. The van der Waals surface area contributed by atoms with Gasteiger partial charge in [0.2, 0.25) is 9.84 Å².